The van der Waals surface area contributed by atoms with Crippen molar-refractivity contribution in [1.82, 2.24) is 0 Å². The van der Waals surface area contributed by atoms with Gasteiger partial charge in [0.15, 0.2) is 0 Å². The van der Waals surface area contributed by atoms with Crippen LogP contribution in [0.15, 0.2) is 18.2 Å². The molecule has 1 aromatic carbocycles. The lowest BCUT2D eigenvalue weighted by Gasteiger charge is -2.35. The Balaban J connectivity index is 2.29. The Morgan fingerprint density at radius 1 is 1.40 bits per heavy atom. The molecule has 0 bridgehead atoms. The number of piperidine rings is 1. The molecule has 3 nitrogen and oxygen atoms in total. The molecule has 1 fully saturated rings. The summed E-state index contributed by atoms with van der Waals surface area (Å²) in [6.07, 6.45) is -3.80. The molecule has 0 spiro atoms. The molecule has 0 aromatic heterocycles. The molecule has 0 aliphatic carbocycles. The smallest absolute Gasteiger partial charge is 0.393 e. The number of rotatable bonds is 2. The number of benzene rings is 1. The van der Waals surface area contributed by atoms with E-state index < -0.39 is 18.1 Å². The molecule has 2 rings (SSSR count). The maximum Gasteiger partial charge on any atom is 0.393 e. The fourth-order valence-electron chi connectivity index (χ4n) is 2.42. The summed E-state index contributed by atoms with van der Waals surface area (Å²) in [6, 6.07) is 4.21. The quantitative estimate of drug-likeness (QED) is 0.903. The number of alkyl halides is 3. The second-order valence-electron chi connectivity index (χ2n) is 4.79. The lowest BCUT2D eigenvalue weighted by Crippen LogP contribution is -2.42. The van der Waals surface area contributed by atoms with E-state index in [1.807, 2.05) is 0 Å². The summed E-state index contributed by atoms with van der Waals surface area (Å²) in [5.41, 5.74) is 0.219. The normalized spacial score (nSPS) is 20.0. The molecule has 1 aliphatic heterocycles. The lowest BCUT2D eigenvalue weighted by molar-refractivity contribution is -0.175. The SMILES string of the molecule is O=C(O)c1cc(Cl)ccc1N1CCCC(C(F)(F)F)C1. The van der Waals surface area contributed by atoms with Gasteiger partial charge in [-0.25, -0.2) is 4.79 Å². The third-order valence-electron chi connectivity index (χ3n) is 3.41. The van der Waals surface area contributed by atoms with Crippen molar-refractivity contribution in [3.8, 4) is 0 Å². The number of aromatic carboxylic acids is 1. The molecule has 1 unspecified atom stereocenters. The van der Waals surface area contributed by atoms with Gasteiger partial charge in [0.25, 0.3) is 0 Å². The molecular weight excluding hydrogens is 295 g/mol. The Labute approximate surface area is 118 Å². The summed E-state index contributed by atoms with van der Waals surface area (Å²) in [7, 11) is 0. The van der Waals surface area contributed by atoms with Gasteiger partial charge in [-0.3, -0.25) is 0 Å². The first-order valence-electron chi connectivity index (χ1n) is 6.13. The van der Waals surface area contributed by atoms with Crippen LogP contribution >= 0.6 is 11.6 Å². The topological polar surface area (TPSA) is 40.5 Å². The van der Waals surface area contributed by atoms with E-state index in [9.17, 15) is 18.0 Å². The first-order chi connectivity index (χ1) is 9.29. The molecule has 0 amide bonds. The van der Waals surface area contributed by atoms with E-state index in [4.69, 9.17) is 16.7 Å². The number of carboxylic acids is 1. The lowest BCUT2D eigenvalue weighted by atomic mass is 9.96. The van der Waals surface area contributed by atoms with Crippen LogP contribution in [0.25, 0.3) is 0 Å². The fourth-order valence-corrected chi connectivity index (χ4v) is 2.59. The van der Waals surface area contributed by atoms with Crippen LogP contribution in [0.3, 0.4) is 0 Å². The Hall–Kier alpha value is -1.43. The zero-order valence-corrected chi connectivity index (χ0v) is 11.2. The van der Waals surface area contributed by atoms with Gasteiger partial charge in [0.1, 0.15) is 0 Å². The minimum atomic E-state index is -4.26. The molecule has 1 aromatic rings. The van der Waals surface area contributed by atoms with E-state index in [-0.39, 0.29) is 29.2 Å². The number of nitrogens with zero attached hydrogens (tertiary/aromatic N) is 1. The number of hydrogen-bond donors (Lipinski definition) is 1. The maximum absolute atomic E-state index is 12.8. The van der Waals surface area contributed by atoms with E-state index >= 15 is 0 Å². The van der Waals surface area contributed by atoms with Crippen molar-refractivity contribution >= 4 is 23.3 Å². The summed E-state index contributed by atoms with van der Waals surface area (Å²) in [5.74, 6) is -2.62. The van der Waals surface area contributed by atoms with Crippen LogP contribution in [-0.2, 0) is 0 Å². The van der Waals surface area contributed by atoms with Crippen molar-refractivity contribution in [3.05, 3.63) is 28.8 Å². The predicted octanol–water partition coefficient (Wildman–Crippen LogP) is 3.82. The fraction of sp³-hybridized carbons (Fsp3) is 0.462. The van der Waals surface area contributed by atoms with Crippen molar-refractivity contribution in [2.24, 2.45) is 5.92 Å². The largest absolute Gasteiger partial charge is 0.478 e. The summed E-state index contributed by atoms with van der Waals surface area (Å²) < 4.78 is 38.4. The zero-order chi connectivity index (χ0) is 14.9. The van der Waals surface area contributed by atoms with E-state index in [0.717, 1.165) is 0 Å². The Kier molecular flexibility index (Phi) is 4.13. The first kappa shape index (κ1) is 15.0. The molecule has 0 saturated carbocycles. The van der Waals surface area contributed by atoms with Gasteiger partial charge in [-0.1, -0.05) is 11.6 Å². The van der Waals surface area contributed by atoms with Crippen molar-refractivity contribution in [1.29, 1.82) is 0 Å². The standard InChI is InChI=1S/C13H13ClF3NO2/c14-9-3-4-11(10(6-9)12(19)20)18-5-1-2-8(7-18)13(15,16)17/h3-4,6,8H,1-2,5,7H2,(H,19,20). The predicted molar refractivity (Wildman–Crippen MR) is 69.4 cm³/mol. The van der Waals surface area contributed by atoms with Crippen LogP contribution < -0.4 is 4.90 Å². The zero-order valence-electron chi connectivity index (χ0n) is 10.5. The third kappa shape index (κ3) is 3.17. The van der Waals surface area contributed by atoms with Crippen LogP contribution in [0.4, 0.5) is 18.9 Å². The second kappa shape index (κ2) is 5.52. The molecule has 1 saturated heterocycles. The molecular formula is C13H13ClF3NO2. The monoisotopic (exact) mass is 307 g/mol. The number of halogens is 4. The van der Waals surface area contributed by atoms with Crippen molar-refractivity contribution < 1.29 is 23.1 Å². The number of carbonyl (C=O) groups is 1. The highest BCUT2D eigenvalue weighted by atomic mass is 35.5. The minimum absolute atomic E-state index is 0.0691. The Bertz CT molecular complexity index is 519. The molecule has 1 atom stereocenters. The summed E-state index contributed by atoms with van der Waals surface area (Å²) >= 11 is 5.74. The average molecular weight is 308 g/mol. The van der Waals surface area contributed by atoms with Gasteiger partial charge in [0.05, 0.1) is 17.2 Å². The molecule has 7 heteroatoms. The molecule has 0 radical (unpaired) electrons. The maximum atomic E-state index is 12.8. The van der Waals surface area contributed by atoms with E-state index in [1.165, 1.54) is 23.1 Å². The first-order valence-corrected chi connectivity index (χ1v) is 6.51. The Morgan fingerprint density at radius 3 is 2.70 bits per heavy atom. The summed E-state index contributed by atoms with van der Waals surface area (Å²) in [6.45, 7) is 0.194. The molecule has 20 heavy (non-hydrogen) atoms. The highest BCUT2D eigenvalue weighted by Gasteiger charge is 2.42. The van der Waals surface area contributed by atoms with Gasteiger partial charge in [-0.2, -0.15) is 13.2 Å². The van der Waals surface area contributed by atoms with Gasteiger partial charge in [0, 0.05) is 18.1 Å². The third-order valence-corrected chi connectivity index (χ3v) is 3.65. The van der Waals surface area contributed by atoms with E-state index in [2.05, 4.69) is 0 Å². The van der Waals surface area contributed by atoms with Gasteiger partial charge in [0.2, 0.25) is 0 Å². The van der Waals surface area contributed by atoms with Crippen LogP contribution in [0.5, 0.6) is 0 Å². The number of anilines is 1. The minimum Gasteiger partial charge on any atom is -0.478 e. The van der Waals surface area contributed by atoms with Gasteiger partial charge >= 0.3 is 12.1 Å². The van der Waals surface area contributed by atoms with Crippen LogP contribution in [0.2, 0.25) is 5.02 Å². The second-order valence-corrected chi connectivity index (χ2v) is 5.23. The highest BCUT2D eigenvalue weighted by molar-refractivity contribution is 6.31. The average Bonchev–Trinajstić information content (AvgIpc) is 2.37. The van der Waals surface area contributed by atoms with Crippen molar-refractivity contribution in [3.63, 3.8) is 0 Å². The van der Waals surface area contributed by atoms with Crippen molar-refractivity contribution in [2.45, 2.75) is 19.0 Å². The summed E-state index contributed by atoms with van der Waals surface area (Å²) in [4.78, 5) is 12.7. The van der Waals surface area contributed by atoms with Gasteiger partial charge in [-0.05, 0) is 31.0 Å². The van der Waals surface area contributed by atoms with Crippen LogP contribution in [-0.4, -0.2) is 30.3 Å². The molecule has 1 heterocycles. The Morgan fingerprint density at radius 2 is 2.10 bits per heavy atom. The molecule has 1 N–H and O–H groups in total. The number of carboxylic acid groups (broad SMARTS) is 1. The van der Waals surface area contributed by atoms with E-state index in [0.29, 0.717) is 13.0 Å². The van der Waals surface area contributed by atoms with Gasteiger partial charge in [-0.15, -0.1) is 0 Å². The van der Waals surface area contributed by atoms with Gasteiger partial charge < -0.3 is 10.0 Å². The molecule has 1 aliphatic rings. The van der Waals surface area contributed by atoms with Crippen LogP contribution in [0.1, 0.15) is 23.2 Å². The van der Waals surface area contributed by atoms with Crippen molar-refractivity contribution in [2.75, 3.05) is 18.0 Å². The van der Waals surface area contributed by atoms with E-state index in [1.54, 1.807) is 0 Å². The highest BCUT2D eigenvalue weighted by Crippen LogP contribution is 2.36. The van der Waals surface area contributed by atoms with Crippen LogP contribution in [0, 0.1) is 5.92 Å². The summed E-state index contributed by atoms with van der Waals surface area (Å²) in [5, 5.41) is 9.38. The molecule has 110 valence electrons. The number of hydrogen-bond acceptors (Lipinski definition) is 2.